The summed E-state index contributed by atoms with van der Waals surface area (Å²) < 4.78 is 0. The summed E-state index contributed by atoms with van der Waals surface area (Å²) in [6, 6.07) is 6.94. The van der Waals surface area contributed by atoms with Gasteiger partial charge in [-0.15, -0.1) is 0 Å². The number of hydrogen-bond donors (Lipinski definition) is 3. The Labute approximate surface area is 119 Å². The van der Waals surface area contributed by atoms with Crippen molar-refractivity contribution >= 4 is 17.6 Å². The van der Waals surface area contributed by atoms with E-state index in [-0.39, 0.29) is 24.5 Å². The highest BCUT2D eigenvalue weighted by Gasteiger charge is 2.12. The minimum Gasteiger partial charge on any atom is -0.355 e. The molecule has 0 aliphatic heterocycles. The summed E-state index contributed by atoms with van der Waals surface area (Å²) in [6.07, 6.45) is 0. The Balaban J connectivity index is 2.54. The molecule has 1 aromatic carbocycles. The zero-order valence-electron chi connectivity index (χ0n) is 12.1. The van der Waals surface area contributed by atoms with Gasteiger partial charge in [0.2, 0.25) is 5.91 Å². The summed E-state index contributed by atoms with van der Waals surface area (Å²) in [5.74, 6) is -0.183. The van der Waals surface area contributed by atoms with E-state index in [0.717, 1.165) is 5.56 Å². The SMILES string of the molecule is CCNC(=O)CN(C)C(=O)Nc1ccc(C(C)N)cc1. The molecule has 6 nitrogen and oxygen atoms in total. The van der Waals surface area contributed by atoms with Crippen LogP contribution in [-0.4, -0.2) is 37.0 Å². The molecule has 0 saturated carbocycles. The van der Waals surface area contributed by atoms with Crippen molar-refractivity contribution in [3.8, 4) is 0 Å². The summed E-state index contributed by atoms with van der Waals surface area (Å²) in [5.41, 5.74) is 7.42. The van der Waals surface area contributed by atoms with Crippen LogP contribution in [0.25, 0.3) is 0 Å². The molecule has 0 aliphatic carbocycles. The fourth-order valence-corrected chi connectivity index (χ4v) is 1.63. The first-order valence-electron chi connectivity index (χ1n) is 6.58. The van der Waals surface area contributed by atoms with E-state index in [1.165, 1.54) is 4.90 Å². The molecule has 0 aliphatic rings. The molecule has 3 amide bonds. The summed E-state index contributed by atoms with van der Waals surface area (Å²) in [6.45, 7) is 4.30. The second-order valence-electron chi connectivity index (χ2n) is 4.65. The van der Waals surface area contributed by atoms with Crippen LogP contribution >= 0.6 is 0 Å². The number of nitrogens with zero attached hydrogens (tertiary/aromatic N) is 1. The van der Waals surface area contributed by atoms with Gasteiger partial charge in [0, 0.05) is 25.3 Å². The predicted octanol–water partition coefficient (Wildman–Crippen LogP) is 1.31. The molecule has 0 fully saturated rings. The summed E-state index contributed by atoms with van der Waals surface area (Å²) in [7, 11) is 1.57. The largest absolute Gasteiger partial charge is 0.355 e. The standard InChI is InChI=1S/C14H22N4O2/c1-4-16-13(19)9-18(3)14(20)17-12-7-5-11(6-8-12)10(2)15/h5-8,10H,4,9,15H2,1-3H3,(H,16,19)(H,17,20). The molecular weight excluding hydrogens is 256 g/mol. The van der Waals surface area contributed by atoms with Gasteiger partial charge in [-0.3, -0.25) is 4.79 Å². The maximum absolute atomic E-state index is 11.9. The first-order valence-corrected chi connectivity index (χ1v) is 6.58. The van der Waals surface area contributed by atoms with Crippen molar-refractivity contribution in [2.24, 2.45) is 5.73 Å². The number of benzene rings is 1. The molecular formula is C14H22N4O2. The minimum absolute atomic E-state index is 0.0254. The number of carbonyl (C=O) groups is 2. The van der Waals surface area contributed by atoms with Crippen LogP contribution in [0.4, 0.5) is 10.5 Å². The molecule has 110 valence electrons. The van der Waals surface area contributed by atoms with Gasteiger partial charge in [-0.25, -0.2) is 4.79 Å². The number of likely N-dealkylation sites (N-methyl/N-ethyl adjacent to an activating group) is 2. The van der Waals surface area contributed by atoms with Gasteiger partial charge in [0.05, 0.1) is 0 Å². The molecule has 0 bridgehead atoms. The Bertz CT molecular complexity index is 457. The number of rotatable bonds is 5. The first-order chi connectivity index (χ1) is 9.43. The second kappa shape index (κ2) is 7.49. The molecule has 0 radical (unpaired) electrons. The lowest BCUT2D eigenvalue weighted by Crippen LogP contribution is -2.40. The van der Waals surface area contributed by atoms with E-state index in [0.29, 0.717) is 12.2 Å². The molecule has 1 aromatic rings. The average molecular weight is 278 g/mol. The molecule has 0 aromatic heterocycles. The van der Waals surface area contributed by atoms with Crippen LogP contribution in [0, 0.1) is 0 Å². The topological polar surface area (TPSA) is 87.5 Å². The lowest BCUT2D eigenvalue weighted by atomic mass is 10.1. The number of carbonyl (C=O) groups excluding carboxylic acids is 2. The maximum Gasteiger partial charge on any atom is 0.322 e. The van der Waals surface area contributed by atoms with Crippen LogP contribution in [-0.2, 0) is 4.79 Å². The zero-order chi connectivity index (χ0) is 15.1. The van der Waals surface area contributed by atoms with Gasteiger partial charge in [0.15, 0.2) is 0 Å². The van der Waals surface area contributed by atoms with Gasteiger partial charge in [-0.05, 0) is 31.5 Å². The molecule has 0 spiro atoms. The van der Waals surface area contributed by atoms with Crippen LogP contribution in [0.15, 0.2) is 24.3 Å². The highest BCUT2D eigenvalue weighted by atomic mass is 16.2. The first kappa shape index (κ1) is 16.0. The van der Waals surface area contributed by atoms with Gasteiger partial charge < -0.3 is 21.3 Å². The van der Waals surface area contributed by atoms with Gasteiger partial charge in [-0.1, -0.05) is 12.1 Å². The Morgan fingerprint density at radius 3 is 2.40 bits per heavy atom. The average Bonchev–Trinajstić information content (AvgIpc) is 2.39. The lowest BCUT2D eigenvalue weighted by Gasteiger charge is -2.17. The van der Waals surface area contributed by atoms with E-state index in [9.17, 15) is 9.59 Å². The van der Waals surface area contributed by atoms with Crippen LogP contribution < -0.4 is 16.4 Å². The lowest BCUT2D eigenvalue weighted by molar-refractivity contribution is -0.121. The fraction of sp³-hybridized carbons (Fsp3) is 0.429. The van der Waals surface area contributed by atoms with Gasteiger partial charge >= 0.3 is 6.03 Å². The van der Waals surface area contributed by atoms with Crippen molar-refractivity contribution in [2.75, 3.05) is 25.5 Å². The minimum atomic E-state index is -0.329. The van der Waals surface area contributed by atoms with Crippen molar-refractivity contribution in [1.82, 2.24) is 10.2 Å². The van der Waals surface area contributed by atoms with Crippen LogP contribution in [0.2, 0.25) is 0 Å². The number of hydrogen-bond acceptors (Lipinski definition) is 3. The van der Waals surface area contributed by atoms with Gasteiger partial charge in [-0.2, -0.15) is 0 Å². The number of amides is 3. The van der Waals surface area contributed by atoms with E-state index in [1.54, 1.807) is 19.2 Å². The van der Waals surface area contributed by atoms with Crippen molar-refractivity contribution in [1.29, 1.82) is 0 Å². The summed E-state index contributed by atoms with van der Waals surface area (Å²) in [5, 5.41) is 5.36. The molecule has 1 rings (SSSR count). The number of anilines is 1. The second-order valence-corrected chi connectivity index (χ2v) is 4.65. The Kier molecular flexibility index (Phi) is 5.99. The van der Waals surface area contributed by atoms with Crippen LogP contribution in [0.3, 0.4) is 0 Å². The molecule has 0 saturated heterocycles. The third-order valence-electron chi connectivity index (χ3n) is 2.79. The van der Waals surface area contributed by atoms with Crippen molar-refractivity contribution in [2.45, 2.75) is 19.9 Å². The molecule has 6 heteroatoms. The van der Waals surface area contributed by atoms with Crippen molar-refractivity contribution < 1.29 is 9.59 Å². The maximum atomic E-state index is 11.9. The third-order valence-corrected chi connectivity index (χ3v) is 2.79. The van der Waals surface area contributed by atoms with Crippen LogP contribution in [0.1, 0.15) is 25.5 Å². The Morgan fingerprint density at radius 1 is 1.30 bits per heavy atom. The summed E-state index contributed by atoms with van der Waals surface area (Å²) >= 11 is 0. The van der Waals surface area contributed by atoms with Gasteiger partial charge in [0.1, 0.15) is 6.54 Å². The van der Waals surface area contributed by atoms with Crippen molar-refractivity contribution in [3.05, 3.63) is 29.8 Å². The molecule has 20 heavy (non-hydrogen) atoms. The van der Waals surface area contributed by atoms with Crippen LogP contribution in [0.5, 0.6) is 0 Å². The van der Waals surface area contributed by atoms with E-state index in [2.05, 4.69) is 10.6 Å². The van der Waals surface area contributed by atoms with E-state index >= 15 is 0 Å². The molecule has 1 unspecified atom stereocenters. The normalized spacial score (nSPS) is 11.6. The molecule has 4 N–H and O–H groups in total. The third kappa shape index (κ3) is 4.89. The smallest absolute Gasteiger partial charge is 0.322 e. The quantitative estimate of drug-likeness (QED) is 0.758. The van der Waals surface area contributed by atoms with E-state index < -0.39 is 0 Å². The van der Waals surface area contributed by atoms with Gasteiger partial charge in [0.25, 0.3) is 0 Å². The van der Waals surface area contributed by atoms with E-state index in [4.69, 9.17) is 5.73 Å². The Morgan fingerprint density at radius 2 is 1.90 bits per heavy atom. The highest BCUT2D eigenvalue weighted by molar-refractivity contribution is 5.92. The zero-order valence-corrected chi connectivity index (χ0v) is 12.1. The molecule has 1 atom stereocenters. The number of urea groups is 1. The summed E-state index contributed by atoms with van der Waals surface area (Å²) in [4.78, 5) is 24.6. The monoisotopic (exact) mass is 278 g/mol. The molecule has 0 heterocycles. The van der Waals surface area contributed by atoms with Crippen molar-refractivity contribution in [3.63, 3.8) is 0 Å². The predicted molar refractivity (Wildman–Crippen MR) is 79.4 cm³/mol. The van der Waals surface area contributed by atoms with E-state index in [1.807, 2.05) is 26.0 Å². The fourth-order valence-electron chi connectivity index (χ4n) is 1.63. The number of nitrogens with two attached hydrogens (primary N) is 1. The highest BCUT2D eigenvalue weighted by Crippen LogP contribution is 2.14. The Hall–Kier alpha value is -2.08. The number of nitrogens with one attached hydrogen (secondary N) is 2.